The molecule has 0 aromatic carbocycles. The van der Waals surface area contributed by atoms with Crippen LogP contribution in [0.15, 0.2) is 61.4 Å². The molecule has 1 N–H and O–H groups in total. The number of fused-ring (bicyclic) bond motifs is 1. The van der Waals surface area contributed by atoms with Gasteiger partial charge in [0.2, 0.25) is 0 Å². The normalized spacial score (nSPS) is 11.0. The number of nitrogens with zero attached hydrogens (tertiary/aromatic N) is 4. The quantitative estimate of drug-likeness (QED) is 0.603. The molecule has 0 fully saturated rings. The van der Waals surface area contributed by atoms with Crippen LogP contribution in [0.3, 0.4) is 0 Å². The molecule has 4 rings (SSSR count). The molecular formula is C15H11N5. The highest BCUT2D eigenvalue weighted by molar-refractivity contribution is 5.80. The van der Waals surface area contributed by atoms with Crippen molar-refractivity contribution in [2.24, 2.45) is 0 Å². The summed E-state index contributed by atoms with van der Waals surface area (Å²) in [5.74, 6) is 0. The van der Waals surface area contributed by atoms with Crippen LogP contribution >= 0.6 is 0 Å². The second-order valence-electron chi connectivity index (χ2n) is 4.51. The molecule has 4 aromatic rings. The van der Waals surface area contributed by atoms with Crippen molar-refractivity contribution >= 4 is 5.65 Å². The highest BCUT2D eigenvalue weighted by Gasteiger charge is 2.10. The number of aromatic nitrogens is 5. The minimum atomic E-state index is 0.933. The molecule has 5 heteroatoms. The topological polar surface area (TPSA) is 58.9 Å². The minimum absolute atomic E-state index is 0.933. The molecular weight excluding hydrogens is 250 g/mol. The van der Waals surface area contributed by atoms with Gasteiger partial charge in [0.15, 0.2) is 0 Å². The van der Waals surface area contributed by atoms with Crippen LogP contribution in [0.25, 0.3) is 28.0 Å². The van der Waals surface area contributed by atoms with Gasteiger partial charge in [-0.1, -0.05) is 0 Å². The number of hydrogen-bond acceptors (Lipinski definition) is 3. The lowest BCUT2D eigenvalue weighted by Gasteiger charge is -2.04. The Kier molecular flexibility index (Phi) is 2.35. The predicted molar refractivity (Wildman–Crippen MR) is 76.0 cm³/mol. The molecule has 0 aliphatic carbocycles. The van der Waals surface area contributed by atoms with Gasteiger partial charge in [0.05, 0.1) is 11.9 Å². The number of H-pyrrole nitrogens is 1. The van der Waals surface area contributed by atoms with Crippen molar-refractivity contribution in [1.29, 1.82) is 0 Å². The summed E-state index contributed by atoms with van der Waals surface area (Å²) in [6, 6.07) is 7.98. The van der Waals surface area contributed by atoms with E-state index in [1.54, 1.807) is 18.6 Å². The fourth-order valence-electron chi connectivity index (χ4n) is 2.32. The van der Waals surface area contributed by atoms with Gasteiger partial charge in [-0.15, -0.1) is 0 Å². The van der Waals surface area contributed by atoms with E-state index in [0.29, 0.717) is 0 Å². The van der Waals surface area contributed by atoms with E-state index in [9.17, 15) is 0 Å². The summed E-state index contributed by atoms with van der Waals surface area (Å²) in [6.45, 7) is 0. The second kappa shape index (κ2) is 4.31. The first kappa shape index (κ1) is 10.9. The van der Waals surface area contributed by atoms with Crippen molar-refractivity contribution in [1.82, 2.24) is 24.6 Å². The van der Waals surface area contributed by atoms with E-state index >= 15 is 0 Å². The van der Waals surface area contributed by atoms with E-state index < -0.39 is 0 Å². The van der Waals surface area contributed by atoms with Crippen LogP contribution in [0, 0.1) is 0 Å². The van der Waals surface area contributed by atoms with Crippen LogP contribution in [0.4, 0.5) is 0 Å². The van der Waals surface area contributed by atoms with Gasteiger partial charge in [-0.05, 0) is 24.3 Å². The summed E-state index contributed by atoms with van der Waals surface area (Å²) >= 11 is 0. The molecule has 0 saturated carbocycles. The Bertz CT molecular complexity index is 860. The highest BCUT2D eigenvalue weighted by Crippen LogP contribution is 2.29. The average Bonchev–Trinajstić information content (AvgIpc) is 3.16. The van der Waals surface area contributed by atoms with Crippen LogP contribution in [-0.4, -0.2) is 24.6 Å². The molecule has 4 heterocycles. The first-order valence-corrected chi connectivity index (χ1v) is 6.29. The number of nitrogens with one attached hydrogen (secondary N) is 1. The van der Waals surface area contributed by atoms with Crippen LogP contribution in [0.5, 0.6) is 0 Å². The Morgan fingerprint density at radius 1 is 0.950 bits per heavy atom. The molecule has 4 aromatic heterocycles. The highest BCUT2D eigenvalue weighted by atomic mass is 15.1. The van der Waals surface area contributed by atoms with Crippen LogP contribution in [-0.2, 0) is 0 Å². The van der Waals surface area contributed by atoms with Crippen LogP contribution in [0.2, 0.25) is 0 Å². The smallest absolute Gasteiger partial charge is 0.136 e. The van der Waals surface area contributed by atoms with E-state index in [-0.39, 0.29) is 0 Å². The molecule has 0 radical (unpaired) electrons. The van der Waals surface area contributed by atoms with Crippen molar-refractivity contribution in [3.05, 3.63) is 61.4 Å². The first-order valence-electron chi connectivity index (χ1n) is 6.29. The van der Waals surface area contributed by atoms with Crippen molar-refractivity contribution in [2.75, 3.05) is 0 Å². The fraction of sp³-hybridized carbons (Fsp3) is 0. The molecule has 0 unspecified atom stereocenters. The molecule has 5 nitrogen and oxygen atoms in total. The molecule has 0 spiro atoms. The van der Waals surface area contributed by atoms with Gasteiger partial charge in [-0.3, -0.25) is 10.1 Å². The Morgan fingerprint density at radius 2 is 1.85 bits per heavy atom. The second-order valence-corrected chi connectivity index (χ2v) is 4.51. The van der Waals surface area contributed by atoms with Crippen molar-refractivity contribution in [3.8, 4) is 22.4 Å². The van der Waals surface area contributed by atoms with Gasteiger partial charge in [-0.25, -0.2) is 4.98 Å². The first-order chi connectivity index (χ1) is 9.92. The maximum Gasteiger partial charge on any atom is 0.136 e. The monoisotopic (exact) mass is 261 g/mol. The Labute approximate surface area is 115 Å². The third-order valence-electron chi connectivity index (χ3n) is 3.31. The Hall–Kier alpha value is -2.95. The number of imidazole rings is 1. The predicted octanol–water partition coefficient (Wildman–Crippen LogP) is 2.79. The van der Waals surface area contributed by atoms with Gasteiger partial charge >= 0.3 is 0 Å². The van der Waals surface area contributed by atoms with E-state index in [0.717, 1.165) is 28.0 Å². The standard InChI is InChI=1S/C15H11N5/c1-2-14-17-7-8-20(14)10-12(1)13-9-18-19-15(13)11-3-5-16-6-4-11/h1-10H,(H,18,19). The average molecular weight is 261 g/mol. The summed E-state index contributed by atoms with van der Waals surface area (Å²) in [5, 5.41) is 7.23. The van der Waals surface area contributed by atoms with Crippen LogP contribution < -0.4 is 0 Å². The molecule has 0 amide bonds. The van der Waals surface area contributed by atoms with E-state index in [2.05, 4.69) is 32.4 Å². The Balaban J connectivity index is 1.88. The van der Waals surface area contributed by atoms with E-state index in [4.69, 9.17) is 0 Å². The lowest BCUT2D eigenvalue weighted by atomic mass is 10.0. The number of rotatable bonds is 2. The molecule has 0 atom stereocenters. The largest absolute Gasteiger partial charge is 0.306 e. The van der Waals surface area contributed by atoms with E-state index in [1.165, 1.54) is 0 Å². The van der Waals surface area contributed by atoms with Crippen molar-refractivity contribution in [2.45, 2.75) is 0 Å². The zero-order valence-electron chi connectivity index (χ0n) is 10.6. The van der Waals surface area contributed by atoms with Gasteiger partial charge in [-0.2, -0.15) is 5.10 Å². The molecule has 0 saturated heterocycles. The van der Waals surface area contributed by atoms with Gasteiger partial charge in [0.25, 0.3) is 0 Å². The zero-order chi connectivity index (χ0) is 13.4. The lowest BCUT2D eigenvalue weighted by molar-refractivity contribution is 1.09. The molecule has 0 aliphatic rings. The fourth-order valence-corrected chi connectivity index (χ4v) is 2.32. The third-order valence-corrected chi connectivity index (χ3v) is 3.31. The molecule has 20 heavy (non-hydrogen) atoms. The molecule has 0 aliphatic heterocycles. The van der Waals surface area contributed by atoms with Crippen molar-refractivity contribution < 1.29 is 0 Å². The molecule has 0 bridgehead atoms. The minimum Gasteiger partial charge on any atom is -0.306 e. The maximum atomic E-state index is 4.25. The van der Waals surface area contributed by atoms with Crippen molar-refractivity contribution in [3.63, 3.8) is 0 Å². The summed E-state index contributed by atoms with van der Waals surface area (Å²) < 4.78 is 2.00. The van der Waals surface area contributed by atoms with Gasteiger partial charge in [0, 0.05) is 47.7 Å². The maximum absolute atomic E-state index is 4.25. The zero-order valence-corrected chi connectivity index (χ0v) is 10.6. The number of aromatic amines is 1. The van der Waals surface area contributed by atoms with Gasteiger partial charge in [0.1, 0.15) is 5.65 Å². The number of pyridine rings is 2. The lowest BCUT2D eigenvalue weighted by Crippen LogP contribution is -1.87. The van der Waals surface area contributed by atoms with Gasteiger partial charge < -0.3 is 4.40 Å². The summed E-state index contributed by atoms with van der Waals surface area (Å²) in [6.07, 6.45) is 11.2. The van der Waals surface area contributed by atoms with E-state index in [1.807, 2.05) is 35.0 Å². The number of hydrogen-bond donors (Lipinski definition) is 1. The summed E-state index contributed by atoms with van der Waals surface area (Å²) in [7, 11) is 0. The van der Waals surface area contributed by atoms with Crippen LogP contribution in [0.1, 0.15) is 0 Å². The SMILES string of the molecule is c1cc(-c2[nH]ncc2-c2ccc3nccn3c2)ccn1. The Morgan fingerprint density at radius 3 is 2.75 bits per heavy atom. The third kappa shape index (κ3) is 1.68. The summed E-state index contributed by atoms with van der Waals surface area (Å²) in [4.78, 5) is 8.30. The summed E-state index contributed by atoms with van der Waals surface area (Å²) in [5.41, 5.74) is 5.15. The molecule has 96 valence electrons.